The van der Waals surface area contributed by atoms with E-state index >= 15 is 0 Å². The van der Waals surface area contributed by atoms with Gasteiger partial charge in [0.05, 0.1) is 12.0 Å². The Morgan fingerprint density at radius 2 is 2.06 bits per heavy atom. The van der Waals surface area contributed by atoms with Crippen LogP contribution in [0.2, 0.25) is 0 Å². The molecule has 0 amide bonds. The fraction of sp³-hybridized carbons (Fsp3) is 0.667. The van der Waals surface area contributed by atoms with Gasteiger partial charge in [-0.25, -0.2) is 0 Å². The molecule has 2 heterocycles. The quantitative estimate of drug-likeness (QED) is 0.575. The number of nitrogens with zero attached hydrogens (tertiary/aromatic N) is 2. The van der Waals surface area contributed by atoms with Gasteiger partial charge in [-0.15, -0.1) is 0 Å². The fourth-order valence-corrected chi connectivity index (χ4v) is 6.94. The van der Waals surface area contributed by atoms with E-state index in [2.05, 4.69) is 67.8 Å². The summed E-state index contributed by atoms with van der Waals surface area (Å²) < 4.78 is 5.87. The van der Waals surface area contributed by atoms with E-state index in [1.165, 1.54) is 16.8 Å². The third kappa shape index (κ3) is 3.49. The minimum Gasteiger partial charge on any atom is -0.461 e. The molecule has 5 nitrogen and oxygen atoms in total. The number of piperazine rings is 1. The van der Waals surface area contributed by atoms with Crippen molar-refractivity contribution in [2.45, 2.75) is 65.2 Å². The van der Waals surface area contributed by atoms with Gasteiger partial charge in [-0.3, -0.25) is 9.69 Å². The van der Waals surface area contributed by atoms with Crippen molar-refractivity contribution in [2.75, 3.05) is 31.1 Å². The van der Waals surface area contributed by atoms with E-state index in [9.17, 15) is 9.90 Å². The summed E-state index contributed by atoms with van der Waals surface area (Å²) in [5.74, 6) is -0.0217. The van der Waals surface area contributed by atoms with Gasteiger partial charge in [0.25, 0.3) is 0 Å². The van der Waals surface area contributed by atoms with Crippen molar-refractivity contribution in [3.63, 3.8) is 0 Å². The zero-order chi connectivity index (χ0) is 22.6. The Bertz CT molecular complexity index is 914. The summed E-state index contributed by atoms with van der Waals surface area (Å²) >= 11 is 0. The van der Waals surface area contributed by atoms with Gasteiger partial charge in [0.15, 0.2) is 0 Å². The lowest BCUT2D eigenvalue weighted by molar-refractivity contribution is -0.145. The Kier molecular flexibility index (Phi) is 5.61. The van der Waals surface area contributed by atoms with Gasteiger partial charge in [-0.05, 0) is 50.3 Å². The zero-order valence-corrected chi connectivity index (χ0v) is 20.0. The smallest absolute Gasteiger partial charge is 0.311 e. The fourth-order valence-electron chi connectivity index (χ4n) is 6.94. The van der Waals surface area contributed by atoms with Crippen molar-refractivity contribution in [3.8, 4) is 0 Å². The highest BCUT2D eigenvalue weighted by molar-refractivity contribution is 5.76. The SMILES string of the molecule is Cc1cccc(N2CCN(C[C@@H]3C(=O)O[C@@H]4CC5=CCC[C@H](C)[C@@]5(C)[C@@H](O)[C@H]34)C[C@H]2C)c1. The lowest BCUT2D eigenvalue weighted by Gasteiger charge is -2.52. The molecule has 2 aliphatic heterocycles. The number of hydrogen-bond donors (Lipinski definition) is 1. The van der Waals surface area contributed by atoms with Gasteiger partial charge in [0.1, 0.15) is 6.10 Å². The van der Waals surface area contributed by atoms with Crippen LogP contribution in [0.5, 0.6) is 0 Å². The van der Waals surface area contributed by atoms with E-state index < -0.39 is 6.10 Å². The molecule has 1 aromatic rings. The molecule has 0 spiro atoms. The van der Waals surface area contributed by atoms with Gasteiger partial charge < -0.3 is 14.7 Å². The van der Waals surface area contributed by atoms with Crippen LogP contribution in [0.3, 0.4) is 0 Å². The molecule has 1 saturated carbocycles. The van der Waals surface area contributed by atoms with Crippen molar-refractivity contribution in [1.29, 1.82) is 0 Å². The molecule has 0 aromatic heterocycles. The number of benzene rings is 1. The Labute approximate surface area is 192 Å². The Hall–Kier alpha value is -1.85. The summed E-state index contributed by atoms with van der Waals surface area (Å²) in [5.41, 5.74) is 3.63. The second kappa shape index (κ2) is 8.18. The summed E-state index contributed by atoms with van der Waals surface area (Å²) in [6, 6.07) is 9.07. The van der Waals surface area contributed by atoms with Crippen LogP contribution in [0, 0.1) is 30.1 Å². The third-order valence-electron chi connectivity index (χ3n) is 9.07. The van der Waals surface area contributed by atoms with E-state index in [-0.39, 0.29) is 29.3 Å². The lowest BCUT2D eigenvalue weighted by Crippen LogP contribution is -2.56. The molecular formula is C27H38N2O3. The second-order valence-corrected chi connectivity index (χ2v) is 10.9. The van der Waals surface area contributed by atoms with Crippen molar-refractivity contribution >= 4 is 11.7 Å². The van der Waals surface area contributed by atoms with Crippen molar-refractivity contribution < 1.29 is 14.6 Å². The van der Waals surface area contributed by atoms with E-state index in [4.69, 9.17) is 4.74 Å². The average molecular weight is 439 g/mol. The topological polar surface area (TPSA) is 53.0 Å². The number of aryl methyl sites for hydroxylation is 1. The maximum absolute atomic E-state index is 13.0. The van der Waals surface area contributed by atoms with Crippen molar-refractivity contribution in [1.82, 2.24) is 4.90 Å². The molecule has 5 rings (SSSR count). The molecule has 2 aliphatic carbocycles. The van der Waals surface area contributed by atoms with Gasteiger partial charge in [-0.2, -0.15) is 0 Å². The van der Waals surface area contributed by atoms with Gasteiger partial charge in [-0.1, -0.05) is 37.6 Å². The summed E-state index contributed by atoms with van der Waals surface area (Å²) in [4.78, 5) is 17.8. The van der Waals surface area contributed by atoms with E-state index in [1.807, 2.05) is 0 Å². The number of aliphatic hydroxyl groups excluding tert-OH is 1. The van der Waals surface area contributed by atoms with Crippen LogP contribution in [-0.2, 0) is 9.53 Å². The van der Waals surface area contributed by atoms with Crippen LogP contribution in [0.25, 0.3) is 0 Å². The first kappa shape index (κ1) is 22.0. The van der Waals surface area contributed by atoms with E-state index in [0.717, 1.165) is 38.9 Å². The predicted octanol–water partition coefficient (Wildman–Crippen LogP) is 3.79. The molecule has 3 fully saturated rings. The van der Waals surface area contributed by atoms with Crippen LogP contribution < -0.4 is 4.90 Å². The molecule has 4 aliphatic rings. The Balaban J connectivity index is 1.30. The number of allylic oxidation sites excluding steroid dienone is 1. The summed E-state index contributed by atoms with van der Waals surface area (Å²) in [6.07, 6.45) is 4.57. The van der Waals surface area contributed by atoms with Gasteiger partial charge in [0.2, 0.25) is 0 Å². The molecule has 0 unspecified atom stereocenters. The van der Waals surface area contributed by atoms with Gasteiger partial charge in [0, 0.05) is 55.7 Å². The molecule has 0 bridgehead atoms. The highest BCUT2D eigenvalue weighted by Crippen LogP contribution is 2.56. The maximum atomic E-state index is 13.0. The molecule has 0 radical (unpaired) electrons. The minimum atomic E-state index is -0.523. The molecule has 7 atom stereocenters. The van der Waals surface area contributed by atoms with Gasteiger partial charge >= 0.3 is 5.97 Å². The zero-order valence-electron chi connectivity index (χ0n) is 20.0. The molecule has 5 heteroatoms. The highest BCUT2D eigenvalue weighted by atomic mass is 16.6. The first-order valence-corrected chi connectivity index (χ1v) is 12.4. The first-order valence-electron chi connectivity index (χ1n) is 12.4. The molecule has 1 N–H and O–H groups in total. The number of carbonyl (C=O) groups excluding carboxylic acids is 1. The van der Waals surface area contributed by atoms with Crippen LogP contribution in [0.1, 0.15) is 45.6 Å². The number of rotatable bonds is 3. The molecule has 32 heavy (non-hydrogen) atoms. The molecule has 174 valence electrons. The molecular weight excluding hydrogens is 400 g/mol. The standard InChI is InChI=1S/C27H38N2O3/c1-17-7-5-10-21(13-17)29-12-11-28(15-19(29)3)16-22-24-23(32-26(22)31)14-20-9-6-8-18(2)27(20,4)25(24)30/h5,7,9-10,13,18-19,22-25,30H,6,8,11-12,14-16H2,1-4H3/t18-,19+,22-,23+,24+,25-,27+/m0/s1. The number of hydrogen-bond acceptors (Lipinski definition) is 5. The first-order chi connectivity index (χ1) is 15.3. The minimum absolute atomic E-state index is 0.102. The van der Waals surface area contributed by atoms with Crippen LogP contribution in [-0.4, -0.2) is 60.4 Å². The normalized spacial score (nSPS) is 39.8. The summed E-state index contributed by atoms with van der Waals surface area (Å²) in [5, 5.41) is 11.6. The number of aliphatic hydroxyl groups is 1. The Morgan fingerprint density at radius 3 is 2.81 bits per heavy atom. The van der Waals surface area contributed by atoms with E-state index in [1.54, 1.807) is 0 Å². The number of anilines is 1. The maximum Gasteiger partial charge on any atom is 0.311 e. The predicted molar refractivity (Wildman–Crippen MR) is 126 cm³/mol. The summed E-state index contributed by atoms with van der Waals surface area (Å²) in [7, 11) is 0. The van der Waals surface area contributed by atoms with Crippen molar-refractivity contribution in [3.05, 3.63) is 41.5 Å². The molecule has 2 saturated heterocycles. The average Bonchev–Trinajstić information content (AvgIpc) is 3.05. The number of fused-ring (bicyclic) bond motifs is 2. The third-order valence-corrected chi connectivity index (χ3v) is 9.07. The second-order valence-electron chi connectivity index (χ2n) is 10.9. The summed E-state index contributed by atoms with van der Waals surface area (Å²) in [6.45, 7) is 12.4. The number of ether oxygens (including phenoxy) is 1. The number of carbonyl (C=O) groups is 1. The highest BCUT2D eigenvalue weighted by Gasteiger charge is 2.59. The number of esters is 1. The van der Waals surface area contributed by atoms with Crippen LogP contribution in [0.4, 0.5) is 5.69 Å². The largest absolute Gasteiger partial charge is 0.461 e. The monoisotopic (exact) mass is 438 g/mol. The molecule has 1 aromatic carbocycles. The lowest BCUT2D eigenvalue weighted by atomic mass is 9.55. The van der Waals surface area contributed by atoms with Crippen LogP contribution >= 0.6 is 0 Å². The van der Waals surface area contributed by atoms with Crippen molar-refractivity contribution in [2.24, 2.45) is 23.2 Å². The van der Waals surface area contributed by atoms with E-state index in [0.29, 0.717) is 18.5 Å². The van der Waals surface area contributed by atoms with Crippen LogP contribution in [0.15, 0.2) is 35.9 Å². The Morgan fingerprint density at radius 1 is 1.25 bits per heavy atom.